The van der Waals surface area contributed by atoms with Gasteiger partial charge in [0, 0.05) is 0 Å². The van der Waals surface area contributed by atoms with Crippen molar-refractivity contribution in [3.05, 3.63) is 0 Å². The summed E-state index contributed by atoms with van der Waals surface area (Å²) in [4.78, 5) is 10.2. The molecule has 0 radical (unpaired) electrons. The molecule has 0 aromatic carbocycles. The number of hydrogen-bond donors (Lipinski definition) is 3. The number of aliphatic carboxylic acids is 1. The third-order valence-corrected chi connectivity index (χ3v) is 8.91. The van der Waals surface area contributed by atoms with Gasteiger partial charge in [-0.25, -0.2) is 0 Å². The van der Waals surface area contributed by atoms with Crippen LogP contribution >= 0.6 is 0 Å². The highest BCUT2D eigenvalue weighted by Crippen LogP contribution is 2.14. The van der Waals surface area contributed by atoms with Gasteiger partial charge >= 0.3 is 5.97 Å². The molecule has 8 heteroatoms. The third-order valence-electron chi connectivity index (χ3n) is 7.64. The van der Waals surface area contributed by atoms with Crippen molar-refractivity contribution in [2.24, 2.45) is 11.7 Å². The first-order chi connectivity index (χ1) is 19.1. The van der Waals surface area contributed by atoms with Gasteiger partial charge in [0.2, 0.25) is 0 Å². The summed E-state index contributed by atoms with van der Waals surface area (Å²) in [5, 5.41) is 18.4. The second kappa shape index (κ2) is 29.8. The highest BCUT2D eigenvalue weighted by Gasteiger charge is 2.17. The molecule has 1 unspecified atom stereocenters. The fourth-order valence-corrected chi connectivity index (χ4v) is 5.50. The molecule has 0 heterocycles. The summed E-state index contributed by atoms with van der Waals surface area (Å²) in [5.74, 6) is -0.907. The first kappa shape index (κ1) is 41.4. The number of aliphatic hydroxyl groups excluding tert-OH is 1. The molecular weight excluding hydrogens is 526 g/mol. The Bertz CT molecular complexity index is 643. The Kier molecular flexibility index (Phi) is 30.8. The van der Waals surface area contributed by atoms with E-state index in [1.165, 1.54) is 89.9 Å². The smallest absolute Gasteiger partial charge is 0.320 e. The Morgan fingerprint density at radius 2 is 1.10 bits per heavy atom. The molecule has 0 saturated heterocycles. The van der Waals surface area contributed by atoms with Crippen molar-refractivity contribution in [1.29, 1.82) is 0 Å². The van der Waals surface area contributed by atoms with Crippen LogP contribution in [0.5, 0.6) is 0 Å². The number of aliphatic hydroxyl groups is 1. The first-order valence-electron chi connectivity index (χ1n) is 16.6. The first-order valence-corrected chi connectivity index (χ1v) is 18.2. The molecule has 0 amide bonds. The minimum absolute atomic E-state index is 0.0663. The van der Waals surface area contributed by atoms with Gasteiger partial charge in [0.15, 0.2) is 0 Å². The topological polar surface area (TPSA) is 127 Å². The fraction of sp³-hybridized carbons (Fsp3) is 0.969. The molecule has 0 aromatic heterocycles. The second-order valence-corrected chi connectivity index (χ2v) is 13.3. The average molecular weight is 594 g/mol. The Balaban J connectivity index is 0. The lowest BCUT2D eigenvalue weighted by molar-refractivity contribution is -0.139. The van der Waals surface area contributed by atoms with E-state index in [4.69, 9.17) is 15.0 Å². The molecular formula is C32H67NO6S. The largest absolute Gasteiger partial charge is 0.480 e. The lowest BCUT2D eigenvalue weighted by atomic mass is 10.0. The van der Waals surface area contributed by atoms with Crippen LogP contribution in [0.2, 0.25) is 0 Å². The van der Waals surface area contributed by atoms with E-state index in [0.29, 0.717) is 6.42 Å². The minimum atomic E-state index is -3.50. The van der Waals surface area contributed by atoms with E-state index < -0.39 is 28.2 Å². The third kappa shape index (κ3) is 30.3. The summed E-state index contributed by atoms with van der Waals surface area (Å²) in [6.45, 7) is 8.51. The Hall–Kier alpha value is -0.700. The number of hydrogen-bond acceptors (Lipinski definition) is 6. The van der Waals surface area contributed by atoms with Crippen molar-refractivity contribution in [1.82, 2.24) is 0 Å². The van der Waals surface area contributed by atoms with Crippen LogP contribution in [0, 0.1) is 5.92 Å². The van der Waals surface area contributed by atoms with E-state index in [0.717, 1.165) is 38.5 Å². The van der Waals surface area contributed by atoms with E-state index in [1.54, 1.807) is 0 Å². The molecule has 0 aliphatic carbocycles. The van der Waals surface area contributed by atoms with E-state index in [2.05, 4.69) is 13.8 Å². The zero-order valence-electron chi connectivity index (χ0n) is 26.7. The van der Waals surface area contributed by atoms with E-state index >= 15 is 0 Å². The van der Waals surface area contributed by atoms with Gasteiger partial charge in [-0.2, -0.15) is 8.42 Å². The molecule has 0 spiro atoms. The summed E-state index contributed by atoms with van der Waals surface area (Å²) < 4.78 is 29.0. The average Bonchev–Trinajstić information content (AvgIpc) is 2.93. The van der Waals surface area contributed by atoms with Crippen LogP contribution in [0.15, 0.2) is 0 Å². The van der Waals surface area contributed by atoms with Crippen LogP contribution in [-0.2, 0) is 19.1 Å². The van der Waals surface area contributed by atoms with Crippen LogP contribution in [0.25, 0.3) is 0 Å². The van der Waals surface area contributed by atoms with E-state index in [9.17, 15) is 18.3 Å². The maximum absolute atomic E-state index is 12.0. The van der Waals surface area contributed by atoms with Gasteiger partial charge in [0.1, 0.15) is 6.04 Å². The number of rotatable bonds is 28. The quantitative estimate of drug-likeness (QED) is 0.0614. The normalized spacial score (nSPS) is 13.8. The van der Waals surface area contributed by atoms with Crippen LogP contribution in [0.1, 0.15) is 169 Å². The number of carboxylic acids is 1. The predicted octanol–water partition coefficient (Wildman–Crippen LogP) is 8.37. The Morgan fingerprint density at radius 3 is 1.48 bits per heavy atom. The lowest BCUT2D eigenvalue weighted by Gasteiger charge is -2.11. The van der Waals surface area contributed by atoms with E-state index in [-0.39, 0.29) is 24.7 Å². The molecule has 7 nitrogen and oxygen atoms in total. The Morgan fingerprint density at radius 1 is 0.700 bits per heavy atom. The lowest BCUT2D eigenvalue weighted by Crippen LogP contribution is -2.36. The van der Waals surface area contributed by atoms with Crippen LogP contribution in [-0.4, -0.2) is 49.1 Å². The van der Waals surface area contributed by atoms with Crippen molar-refractivity contribution in [2.75, 3.05) is 12.4 Å². The Labute approximate surface area is 248 Å². The summed E-state index contributed by atoms with van der Waals surface area (Å²) in [5.41, 5.74) is 5.27. The number of carboxylic acid groups (broad SMARTS) is 1. The molecule has 0 aromatic rings. The molecule has 3 atom stereocenters. The standard InChI is InChI=1S/C26H54O4S.C6H13NO2/c1-3-5-7-9-11-13-14-15-16-18-20-22-26(27)23-25-31(28,29)30-24-21-19-17-12-10-8-6-4-2;1-3-4(2)5(7)6(8)9/h26-27H,3-25H2,1-2H3;4-5H,3,7H2,1-2H3,(H,8,9)/t;4-,5-/m.0/s1. The summed E-state index contributed by atoms with van der Waals surface area (Å²) >= 11 is 0. The summed E-state index contributed by atoms with van der Waals surface area (Å²) in [6.07, 6.45) is 24.8. The molecule has 0 bridgehead atoms. The van der Waals surface area contributed by atoms with Gasteiger partial charge in [-0.15, -0.1) is 0 Å². The maximum Gasteiger partial charge on any atom is 0.320 e. The molecule has 242 valence electrons. The van der Waals surface area contributed by atoms with Crippen molar-refractivity contribution in [2.45, 2.75) is 181 Å². The van der Waals surface area contributed by atoms with Gasteiger partial charge in [-0.3, -0.25) is 8.98 Å². The molecule has 0 rings (SSSR count). The monoisotopic (exact) mass is 593 g/mol. The van der Waals surface area contributed by atoms with Crippen molar-refractivity contribution in [3.63, 3.8) is 0 Å². The van der Waals surface area contributed by atoms with Gasteiger partial charge in [0.25, 0.3) is 10.1 Å². The van der Waals surface area contributed by atoms with Gasteiger partial charge in [0.05, 0.1) is 18.5 Å². The molecule has 4 N–H and O–H groups in total. The summed E-state index contributed by atoms with van der Waals surface area (Å²) in [6, 6.07) is -0.699. The van der Waals surface area contributed by atoms with Crippen LogP contribution in [0.3, 0.4) is 0 Å². The molecule has 0 fully saturated rings. The minimum Gasteiger partial charge on any atom is -0.480 e. The molecule has 40 heavy (non-hydrogen) atoms. The van der Waals surface area contributed by atoms with Gasteiger partial charge in [-0.05, 0) is 25.2 Å². The van der Waals surface area contributed by atoms with Crippen molar-refractivity contribution < 1.29 is 27.6 Å². The maximum atomic E-state index is 12.0. The van der Waals surface area contributed by atoms with Crippen molar-refractivity contribution >= 4 is 16.1 Å². The molecule has 0 aliphatic rings. The SMILES string of the molecule is CCCCCCCCCCCCCC(O)CCS(=O)(=O)OCCCCCCCCCC.CC[C@H](C)[C@H](N)C(=O)O. The number of carbonyl (C=O) groups is 1. The van der Waals surface area contributed by atoms with Crippen LogP contribution < -0.4 is 5.73 Å². The molecule has 0 aliphatic heterocycles. The van der Waals surface area contributed by atoms with Crippen LogP contribution in [0.4, 0.5) is 0 Å². The molecule has 0 saturated carbocycles. The second-order valence-electron chi connectivity index (χ2n) is 11.6. The van der Waals surface area contributed by atoms with Gasteiger partial charge < -0.3 is 15.9 Å². The highest BCUT2D eigenvalue weighted by molar-refractivity contribution is 7.86. The van der Waals surface area contributed by atoms with E-state index in [1.807, 2.05) is 13.8 Å². The number of nitrogens with two attached hydrogens (primary N) is 1. The summed E-state index contributed by atoms with van der Waals surface area (Å²) in [7, 11) is -3.50. The zero-order chi connectivity index (χ0) is 30.5. The predicted molar refractivity (Wildman–Crippen MR) is 169 cm³/mol. The fourth-order valence-electron chi connectivity index (χ4n) is 4.45. The zero-order valence-corrected chi connectivity index (χ0v) is 27.5. The number of unbranched alkanes of at least 4 members (excludes halogenated alkanes) is 17. The van der Waals surface area contributed by atoms with Crippen molar-refractivity contribution in [3.8, 4) is 0 Å². The van der Waals surface area contributed by atoms with Gasteiger partial charge in [-0.1, -0.05) is 150 Å². The highest BCUT2D eigenvalue weighted by atomic mass is 32.2.